The number of anilines is 3. The van der Waals surface area contributed by atoms with Gasteiger partial charge < -0.3 is 13.9 Å². The molecule has 0 aliphatic heterocycles. The summed E-state index contributed by atoms with van der Waals surface area (Å²) in [6, 6.07) is 87.8. The highest BCUT2D eigenvalue weighted by atomic mass is 16.3. The number of para-hydroxylation sites is 5. The number of aromatic nitrogens is 1. The Morgan fingerprint density at radius 3 is 1.72 bits per heavy atom. The molecule has 0 bridgehead atoms. The molecule has 11 aromatic carbocycles. The van der Waals surface area contributed by atoms with Crippen LogP contribution in [-0.4, -0.2) is 4.57 Å². The topological polar surface area (TPSA) is 21.3 Å². The lowest BCUT2D eigenvalue weighted by molar-refractivity contribution is 0.669. The van der Waals surface area contributed by atoms with Crippen LogP contribution in [0.2, 0.25) is 0 Å². The van der Waals surface area contributed by atoms with Gasteiger partial charge in [-0.25, -0.2) is 0 Å². The van der Waals surface area contributed by atoms with Gasteiger partial charge in [0.25, 0.3) is 0 Å². The molecule has 3 heteroatoms. The zero-order valence-corrected chi connectivity index (χ0v) is 35.4. The van der Waals surface area contributed by atoms with Crippen LogP contribution in [0.25, 0.3) is 104 Å². The summed E-state index contributed by atoms with van der Waals surface area (Å²) in [7, 11) is 0. The number of furan rings is 1. The van der Waals surface area contributed by atoms with Crippen molar-refractivity contribution in [3.8, 4) is 39.1 Å². The first-order chi connectivity index (χ1) is 32.2. The molecule has 0 amide bonds. The summed E-state index contributed by atoms with van der Waals surface area (Å²) in [6.45, 7) is 0. The fourth-order valence-corrected chi connectivity index (χ4v) is 10.1. The van der Waals surface area contributed by atoms with Gasteiger partial charge in [0.05, 0.1) is 22.4 Å². The molecule has 0 unspecified atom stereocenters. The quantitative estimate of drug-likeness (QED) is 0.149. The van der Waals surface area contributed by atoms with Gasteiger partial charge in [0.2, 0.25) is 0 Å². The van der Waals surface area contributed by atoms with Crippen LogP contribution < -0.4 is 4.90 Å². The van der Waals surface area contributed by atoms with Crippen LogP contribution in [0.1, 0.15) is 0 Å². The molecule has 0 aliphatic carbocycles. The average Bonchev–Trinajstić information content (AvgIpc) is 3.92. The summed E-state index contributed by atoms with van der Waals surface area (Å²) in [6.07, 6.45) is 0. The van der Waals surface area contributed by atoms with Gasteiger partial charge >= 0.3 is 0 Å². The van der Waals surface area contributed by atoms with Crippen molar-refractivity contribution in [3.05, 3.63) is 243 Å². The molecule has 0 aliphatic rings. The van der Waals surface area contributed by atoms with E-state index in [0.29, 0.717) is 0 Å². The number of hydrogen-bond donors (Lipinski definition) is 0. The molecule has 304 valence electrons. The largest absolute Gasteiger partial charge is 0.456 e. The van der Waals surface area contributed by atoms with Gasteiger partial charge in [-0.1, -0.05) is 170 Å². The summed E-state index contributed by atoms with van der Waals surface area (Å²) in [4.78, 5) is 2.40. The molecule has 0 spiro atoms. The lowest BCUT2D eigenvalue weighted by Gasteiger charge is -2.28. The predicted octanol–water partition coefficient (Wildman–Crippen LogP) is 17.5. The SMILES string of the molecule is c1cc(-c2ccc3c(ccc4ccccc43)c2)cc(N(c2ccc(-c3ccccc3-n3c4ccccc4c4ccccc43)cc2)c2ccccc2-c2ccc3c(c2)oc2ccccc23)c1. The van der Waals surface area contributed by atoms with Crippen LogP contribution in [0, 0.1) is 0 Å². The fraction of sp³-hybridized carbons (Fsp3) is 0. The molecule has 65 heavy (non-hydrogen) atoms. The Balaban J connectivity index is 0.962. The van der Waals surface area contributed by atoms with Gasteiger partial charge in [0.1, 0.15) is 11.2 Å². The first-order valence-corrected chi connectivity index (χ1v) is 22.2. The summed E-state index contributed by atoms with van der Waals surface area (Å²) >= 11 is 0. The van der Waals surface area contributed by atoms with Crippen molar-refractivity contribution in [2.75, 3.05) is 4.90 Å². The molecule has 0 saturated carbocycles. The van der Waals surface area contributed by atoms with Crippen LogP contribution in [-0.2, 0) is 0 Å². The Morgan fingerprint density at radius 1 is 0.308 bits per heavy atom. The third-order valence-corrected chi connectivity index (χ3v) is 13.2. The second-order valence-electron chi connectivity index (χ2n) is 16.9. The first kappa shape index (κ1) is 36.9. The molecular formula is C62H40N2O. The van der Waals surface area contributed by atoms with Gasteiger partial charge in [-0.15, -0.1) is 0 Å². The maximum absolute atomic E-state index is 6.43. The average molecular weight is 829 g/mol. The Morgan fingerprint density at radius 2 is 0.892 bits per heavy atom. The third-order valence-electron chi connectivity index (χ3n) is 13.2. The minimum absolute atomic E-state index is 0.877. The van der Waals surface area contributed by atoms with Crippen molar-refractivity contribution < 1.29 is 4.42 Å². The smallest absolute Gasteiger partial charge is 0.136 e. The highest BCUT2D eigenvalue weighted by Crippen LogP contribution is 2.44. The van der Waals surface area contributed by atoms with Crippen LogP contribution in [0.3, 0.4) is 0 Å². The van der Waals surface area contributed by atoms with Crippen molar-refractivity contribution in [1.29, 1.82) is 0 Å². The number of fused-ring (bicyclic) bond motifs is 9. The van der Waals surface area contributed by atoms with Crippen LogP contribution in [0.5, 0.6) is 0 Å². The van der Waals surface area contributed by atoms with E-state index in [4.69, 9.17) is 4.42 Å². The Bertz CT molecular complexity index is 3910. The molecule has 0 fully saturated rings. The van der Waals surface area contributed by atoms with Crippen LogP contribution in [0.4, 0.5) is 17.1 Å². The van der Waals surface area contributed by atoms with E-state index in [1.807, 2.05) is 12.1 Å². The third kappa shape index (κ3) is 6.12. The van der Waals surface area contributed by atoms with E-state index in [9.17, 15) is 0 Å². The van der Waals surface area contributed by atoms with E-state index in [1.165, 1.54) is 54.5 Å². The molecule has 0 N–H and O–H groups in total. The second kappa shape index (κ2) is 15.0. The normalized spacial score (nSPS) is 11.7. The first-order valence-electron chi connectivity index (χ1n) is 22.2. The van der Waals surface area contributed by atoms with E-state index < -0.39 is 0 Å². The summed E-state index contributed by atoms with van der Waals surface area (Å²) in [5.74, 6) is 0. The lowest BCUT2D eigenvalue weighted by atomic mass is 9.96. The Kier molecular flexibility index (Phi) is 8.53. The highest BCUT2D eigenvalue weighted by Gasteiger charge is 2.20. The summed E-state index contributed by atoms with van der Waals surface area (Å²) < 4.78 is 8.84. The fourth-order valence-electron chi connectivity index (χ4n) is 10.1. The number of nitrogens with zero attached hydrogens (tertiary/aromatic N) is 2. The van der Waals surface area contributed by atoms with Gasteiger partial charge in [0, 0.05) is 44.0 Å². The molecular weight excluding hydrogens is 789 g/mol. The molecule has 13 rings (SSSR count). The minimum Gasteiger partial charge on any atom is -0.456 e. The maximum Gasteiger partial charge on any atom is 0.136 e. The highest BCUT2D eigenvalue weighted by molar-refractivity contribution is 6.11. The summed E-state index contributed by atoms with van der Waals surface area (Å²) in [5, 5.41) is 9.77. The molecule has 0 radical (unpaired) electrons. The monoisotopic (exact) mass is 828 g/mol. The Labute approximate surface area is 376 Å². The predicted molar refractivity (Wildman–Crippen MR) is 274 cm³/mol. The van der Waals surface area contributed by atoms with Gasteiger partial charge in [0.15, 0.2) is 0 Å². The Hall–Kier alpha value is -8.66. The van der Waals surface area contributed by atoms with E-state index in [1.54, 1.807) is 0 Å². The van der Waals surface area contributed by atoms with E-state index in [0.717, 1.165) is 66.9 Å². The van der Waals surface area contributed by atoms with E-state index in [-0.39, 0.29) is 0 Å². The maximum atomic E-state index is 6.43. The molecule has 2 aromatic heterocycles. The van der Waals surface area contributed by atoms with Crippen LogP contribution in [0.15, 0.2) is 247 Å². The molecule has 2 heterocycles. The zero-order chi connectivity index (χ0) is 42.8. The second-order valence-corrected chi connectivity index (χ2v) is 16.9. The van der Waals surface area contributed by atoms with Gasteiger partial charge in [-0.2, -0.15) is 0 Å². The van der Waals surface area contributed by atoms with Crippen molar-refractivity contribution in [2.45, 2.75) is 0 Å². The van der Waals surface area contributed by atoms with Crippen molar-refractivity contribution in [2.24, 2.45) is 0 Å². The number of benzene rings is 11. The molecule has 13 aromatic rings. The number of hydrogen-bond acceptors (Lipinski definition) is 2. The minimum atomic E-state index is 0.877. The zero-order valence-electron chi connectivity index (χ0n) is 35.4. The summed E-state index contributed by atoms with van der Waals surface area (Å²) in [5.41, 5.74) is 15.4. The molecule has 0 saturated heterocycles. The molecule has 3 nitrogen and oxygen atoms in total. The van der Waals surface area contributed by atoms with Crippen molar-refractivity contribution in [3.63, 3.8) is 0 Å². The van der Waals surface area contributed by atoms with Crippen molar-refractivity contribution in [1.82, 2.24) is 4.57 Å². The molecule has 0 atom stereocenters. The van der Waals surface area contributed by atoms with Gasteiger partial charge in [-0.05, 0) is 117 Å². The van der Waals surface area contributed by atoms with Crippen molar-refractivity contribution >= 4 is 82.4 Å². The lowest BCUT2D eigenvalue weighted by Crippen LogP contribution is -2.11. The van der Waals surface area contributed by atoms with E-state index in [2.05, 4.69) is 240 Å². The standard InChI is InChI=1S/C62H40N2O/c1-2-17-49-41(14-1)28-29-45-38-44(32-36-50(45)49)43-15-13-16-48(39-43)63(57-23-8-4-19-52(57)46-33-37-56-55-22-7-12-27-61(55)65-62(56)40-46)47-34-30-42(31-35-47)51-18-3-9-24-58(51)64-59-25-10-5-20-53(59)54-21-6-11-26-60(54)64/h1-40H. The van der Waals surface area contributed by atoms with Crippen LogP contribution >= 0.6 is 0 Å². The van der Waals surface area contributed by atoms with Gasteiger partial charge in [-0.3, -0.25) is 0 Å². The van der Waals surface area contributed by atoms with E-state index >= 15 is 0 Å². The number of rotatable bonds is 7.